The lowest BCUT2D eigenvalue weighted by Crippen LogP contribution is -2.71. The Balaban J connectivity index is 1.32. The van der Waals surface area contributed by atoms with Crippen LogP contribution in [0, 0.1) is 0 Å². The third-order valence-corrected chi connectivity index (χ3v) is 8.44. The minimum atomic E-state index is -1.23. The molecule has 1 unspecified atom stereocenters. The average Bonchev–Trinajstić information content (AvgIpc) is 3.52. The van der Waals surface area contributed by atoms with Crippen LogP contribution < -0.4 is 27.1 Å². The van der Waals surface area contributed by atoms with E-state index in [4.69, 9.17) is 22.0 Å². The molecule has 3 aromatic rings. The molecule has 1 saturated heterocycles. The van der Waals surface area contributed by atoms with Crippen molar-refractivity contribution in [3.05, 3.63) is 57.9 Å². The van der Waals surface area contributed by atoms with Gasteiger partial charge in [0.2, 0.25) is 0 Å². The highest BCUT2D eigenvalue weighted by Crippen LogP contribution is 2.40. The van der Waals surface area contributed by atoms with Crippen molar-refractivity contribution in [2.75, 3.05) is 23.0 Å². The van der Waals surface area contributed by atoms with Gasteiger partial charge >= 0.3 is 5.97 Å². The van der Waals surface area contributed by atoms with Gasteiger partial charge in [-0.25, -0.2) is 14.8 Å². The number of carbonyl (C=O) groups excluding carboxylic acids is 2. The summed E-state index contributed by atoms with van der Waals surface area (Å²) in [6.45, 7) is 0.205. The van der Waals surface area contributed by atoms with Crippen LogP contribution in [0.5, 0.6) is 0 Å². The third-order valence-electron chi connectivity index (χ3n) is 5.71. The van der Waals surface area contributed by atoms with Crippen LogP contribution in [0.3, 0.4) is 0 Å². The zero-order valence-electron chi connectivity index (χ0n) is 20.0. The summed E-state index contributed by atoms with van der Waals surface area (Å²) < 4.78 is 1.75. The normalized spacial score (nSPS) is 18.9. The van der Waals surface area contributed by atoms with E-state index in [9.17, 15) is 19.5 Å². The maximum absolute atomic E-state index is 13.2. The molecule has 2 atom stereocenters. The van der Waals surface area contributed by atoms with E-state index in [1.54, 1.807) is 34.5 Å². The summed E-state index contributed by atoms with van der Waals surface area (Å²) in [5.41, 5.74) is 18.7. The first-order chi connectivity index (χ1) is 18.7. The Morgan fingerprint density at radius 1 is 1.23 bits per heavy atom. The van der Waals surface area contributed by atoms with Crippen LogP contribution in [-0.2, 0) is 32.4 Å². The molecule has 0 saturated carbocycles. The second kappa shape index (κ2) is 10.9. The number of hydrogen-bond donors (Lipinski definition) is 5. The number of carboxylic acid groups (broad SMARTS) is 1. The molecular formula is C22H22N9O5S3+. The molecule has 0 aromatic carbocycles. The predicted molar refractivity (Wildman–Crippen MR) is 145 cm³/mol. The number of aromatic nitrogens is 3. The number of β-lactam (4-membered cyclic amide) rings is 1. The van der Waals surface area contributed by atoms with E-state index in [1.165, 1.54) is 33.4 Å². The highest BCUT2D eigenvalue weighted by Gasteiger charge is 2.54. The molecule has 5 heterocycles. The van der Waals surface area contributed by atoms with Crippen LogP contribution in [0.25, 0.3) is 0 Å². The largest absolute Gasteiger partial charge is 0.477 e. The van der Waals surface area contributed by atoms with E-state index in [-0.39, 0.29) is 35.4 Å². The molecule has 0 radical (unpaired) electrons. The van der Waals surface area contributed by atoms with Crippen molar-refractivity contribution in [3.8, 4) is 0 Å². The van der Waals surface area contributed by atoms with E-state index < -0.39 is 29.2 Å². The number of aliphatic carboxylic acids is 1. The molecule has 1 fully saturated rings. The van der Waals surface area contributed by atoms with Crippen LogP contribution in [0.2, 0.25) is 0 Å². The molecule has 5 rings (SSSR count). The van der Waals surface area contributed by atoms with Crippen LogP contribution in [0.4, 0.5) is 16.0 Å². The summed E-state index contributed by atoms with van der Waals surface area (Å²) in [4.78, 5) is 53.2. The summed E-state index contributed by atoms with van der Waals surface area (Å²) in [5, 5.41) is 19.7. The van der Waals surface area contributed by atoms with Crippen molar-refractivity contribution < 1.29 is 28.9 Å². The molecule has 2 aliphatic rings. The molecule has 0 aliphatic carbocycles. The summed E-state index contributed by atoms with van der Waals surface area (Å²) in [7, 11) is 0. The van der Waals surface area contributed by atoms with Gasteiger partial charge in [0.15, 0.2) is 41.5 Å². The molecule has 3 aromatic heterocycles. The zero-order chi connectivity index (χ0) is 27.7. The van der Waals surface area contributed by atoms with Crippen molar-refractivity contribution in [1.29, 1.82) is 0 Å². The second-order valence-electron chi connectivity index (χ2n) is 8.39. The highest BCUT2D eigenvalue weighted by molar-refractivity contribution is 8.00. The Labute approximate surface area is 233 Å². The minimum Gasteiger partial charge on any atom is -0.477 e. The van der Waals surface area contributed by atoms with E-state index in [0.717, 1.165) is 11.3 Å². The smallest absolute Gasteiger partial charge is 0.352 e. The van der Waals surface area contributed by atoms with Gasteiger partial charge in [-0.2, -0.15) is 4.57 Å². The fraction of sp³-hybridized carbons (Fsp3) is 0.227. The van der Waals surface area contributed by atoms with Gasteiger partial charge in [0.05, 0.1) is 11.4 Å². The van der Waals surface area contributed by atoms with E-state index in [1.807, 2.05) is 0 Å². The van der Waals surface area contributed by atoms with Crippen molar-refractivity contribution in [1.82, 2.24) is 20.2 Å². The first-order valence-corrected chi connectivity index (χ1v) is 14.1. The Morgan fingerprint density at radius 3 is 2.67 bits per heavy atom. The van der Waals surface area contributed by atoms with Crippen LogP contribution in [0.1, 0.15) is 11.4 Å². The number of thiazole rings is 2. The van der Waals surface area contributed by atoms with Crippen LogP contribution in [0.15, 0.2) is 51.7 Å². The number of amides is 2. The molecule has 39 heavy (non-hydrogen) atoms. The first-order valence-electron chi connectivity index (χ1n) is 11.3. The summed E-state index contributed by atoms with van der Waals surface area (Å²) in [6, 6.07) is 2.50. The van der Waals surface area contributed by atoms with Crippen molar-refractivity contribution in [3.63, 3.8) is 0 Å². The van der Waals surface area contributed by atoms with Crippen molar-refractivity contribution in [2.45, 2.75) is 24.6 Å². The maximum Gasteiger partial charge on any atom is 0.352 e. The minimum absolute atomic E-state index is 0.0423. The van der Waals surface area contributed by atoms with Gasteiger partial charge in [0.25, 0.3) is 11.8 Å². The van der Waals surface area contributed by atoms with Gasteiger partial charge in [0, 0.05) is 28.2 Å². The highest BCUT2D eigenvalue weighted by atomic mass is 32.2. The van der Waals surface area contributed by atoms with Gasteiger partial charge in [-0.3, -0.25) is 14.5 Å². The number of nitrogens with zero attached hydrogens (tertiary/aromatic N) is 5. The number of pyridine rings is 1. The predicted octanol–water partition coefficient (Wildman–Crippen LogP) is -0.00660. The monoisotopic (exact) mass is 588 g/mol. The van der Waals surface area contributed by atoms with E-state index in [2.05, 4.69) is 20.4 Å². The number of carbonyl (C=O) groups is 3. The first kappa shape index (κ1) is 26.4. The number of thioether (sulfide) groups is 1. The SMILES string of the molecule is Nc1ccc[n+](CC2=C(C(=O)O)N3C(=O)C(NC(=O)/C(=N\OCc4csc(N)n4)c4csc(N)n4)[C@@H]3SC2)c1. The molecule has 202 valence electrons. The number of oxime groups is 1. The van der Waals surface area contributed by atoms with Gasteiger partial charge in [-0.15, -0.1) is 34.4 Å². The van der Waals surface area contributed by atoms with Gasteiger partial charge in [0.1, 0.15) is 22.8 Å². The van der Waals surface area contributed by atoms with Crippen LogP contribution in [-0.4, -0.2) is 60.6 Å². The number of hydrogen-bond acceptors (Lipinski definition) is 13. The van der Waals surface area contributed by atoms with E-state index in [0.29, 0.717) is 27.8 Å². The zero-order valence-corrected chi connectivity index (χ0v) is 22.5. The Kier molecular flexibility index (Phi) is 7.36. The topological polar surface area (TPSA) is 216 Å². The molecule has 0 bridgehead atoms. The number of nitrogens with one attached hydrogen (secondary N) is 1. The number of fused-ring (bicyclic) bond motifs is 1. The number of nitrogen functional groups attached to an aromatic ring is 3. The Morgan fingerprint density at radius 2 is 2.00 bits per heavy atom. The van der Waals surface area contributed by atoms with Crippen molar-refractivity contribution in [2.24, 2.45) is 5.16 Å². The molecule has 2 amide bonds. The molecule has 14 nitrogen and oxygen atoms in total. The molecule has 0 spiro atoms. The lowest BCUT2D eigenvalue weighted by atomic mass is 10.0. The third kappa shape index (κ3) is 5.50. The van der Waals surface area contributed by atoms with Gasteiger partial charge < -0.3 is 32.5 Å². The summed E-state index contributed by atoms with van der Waals surface area (Å²) in [6.07, 6.45) is 3.44. The lowest BCUT2D eigenvalue weighted by molar-refractivity contribution is -0.688. The summed E-state index contributed by atoms with van der Waals surface area (Å²) in [5.74, 6) is -2.16. The standard InChI is InChI=1S/C22H21N9O5S3/c23-11-2-1-3-30(5-11)4-10-7-37-19-15(18(33)31(19)16(10)20(34)35)28-17(32)14(13-9-39-22(25)27-13)29-36-6-12-8-38-21(24)26-12/h1-3,5,8-9,15,19H,4,6-7,23H2,(H5-,24,25,26,27,28,32,34,35)/p+1/b29-14-/t15?,19-/m0/s1. The van der Waals surface area contributed by atoms with Crippen LogP contribution >= 0.6 is 34.4 Å². The number of anilines is 3. The van der Waals surface area contributed by atoms with Crippen molar-refractivity contribution >= 4 is 73.9 Å². The maximum atomic E-state index is 13.2. The Bertz CT molecular complexity index is 1520. The number of carboxylic acids is 1. The lowest BCUT2D eigenvalue weighted by Gasteiger charge is -2.49. The number of rotatable bonds is 9. The number of nitrogens with two attached hydrogens (primary N) is 3. The van der Waals surface area contributed by atoms with Gasteiger partial charge in [-0.05, 0) is 6.07 Å². The Hall–Kier alpha value is -4.22. The van der Waals surface area contributed by atoms with E-state index >= 15 is 0 Å². The second-order valence-corrected chi connectivity index (χ2v) is 11.3. The average molecular weight is 589 g/mol. The molecule has 8 N–H and O–H groups in total. The quantitative estimate of drug-likeness (QED) is 0.0969. The fourth-order valence-corrected chi connectivity index (χ4v) is 6.46. The molecule has 2 aliphatic heterocycles. The molecular weight excluding hydrogens is 567 g/mol. The fourth-order valence-electron chi connectivity index (χ4n) is 4.03. The summed E-state index contributed by atoms with van der Waals surface area (Å²) >= 11 is 3.70. The molecule has 17 heteroatoms. The van der Waals surface area contributed by atoms with Gasteiger partial charge in [-0.1, -0.05) is 5.16 Å².